The Labute approximate surface area is 160 Å². The molecule has 0 aromatic heterocycles. The smallest absolute Gasteiger partial charge is 0.317 e. The minimum Gasteiger partial charge on any atom is -0.493 e. The summed E-state index contributed by atoms with van der Waals surface area (Å²) in [7, 11) is -2.26. The number of carbonyl (C=O) groups excluding carboxylic acids is 1. The fourth-order valence-corrected chi connectivity index (χ4v) is 3.32. The molecule has 0 saturated carbocycles. The Morgan fingerprint density at radius 2 is 2.11 bits per heavy atom. The molecule has 0 aliphatic carbocycles. The first-order chi connectivity index (χ1) is 12.7. The summed E-state index contributed by atoms with van der Waals surface area (Å²) < 4.78 is 38.8. The zero-order chi connectivity index (χ0) is 20.0. The van der Waals surface area contributed by atoms with Gasteiger partial charge in [-0.3, -0.25) is 0 Å². The van der Waals surface area contributed by atoms with E-state index in [2.05, 4.69) is 5.32 Å². The summed E-state index contributed by atoms with van der Waals surface area (Å²) in [6.45, 7) is 5.26. The van der Waals surface area contributed by atoms with Crippen LogP contribution >= 0.6 is 0 Å². The third-order valence-corrected chi connectivity index (χ3v) is 4.47. The standard InChI is InChI=1S/C18H28N2O6S/c1-13(2)19-18(21)20(12-15-6-5-9-25-15)11-14-7-8-16(24-3)17(10-14)26-27(4,22)23/h7-8,10,13,15H,5-6,9,11-12H2,1-4H3,(H,19,21)/t15-/m1/s1. The molecule has 8 nitrogen and oxygen atoms in total. The average Bonchev–Trinajstić information content (AvgIpc) is 3.05. The van der Waals surface area contributed by atoms with Gasteiger partial charge in [0.05, 0.1) is 19.5 Å². The Kier molecular flexibility index (Phi) is 7.32. The Balaban J connectivity index is 2.21. The van der Waals surface area contributed by atoms with Crippen molar-refractivity contribution in [3.8, 4) is 11.5 Å². The van der Waals surface area contributed by atoms with Crippen LogP contribution in [0.3, 0.4) is 0 Å². The lowest BCUT2D eigenvalue weighted by Crippen LogP contribution is -2.45. The maximum absolute atomic E-state index is 12.6. The molecule has 0 unspecified atom stereocenters. The van der Waals surface area contributed by atoms with Crippen molar-refractivity contribution >= 4 is 16.1 Å². The average molecular weight is 400 g/mol. The van der Waals surface area contributed by atoms with E-state index in [-0.39, 0.29) is 23.9 Å². The van der Waals surface area contributed by atoms with Crippen molar-refractivity contribution < 1.29 is 26.9 Å². The molecule has 2 rings (SSSR count). The Morgan fingerprint density at radius 3 is 2.67 bits per heavy atom. The molecule has 152 valence electrons. The Hall–Kier alpha value is -2.00. The predicted molar refractivity (Wildman–Crippen MR) is 102 cm³/mol. The van der Waals surface area contributed by atoms with Gasteiger partial charge in [-0.25, -0.2) is 4.79 Å². The number of nitrogens with one attached hydrogen (secondary N) is 1. The van der Waals surface area contributed by atoms with Crippen LogP contribution in [0.25, 0.3) is 0 Å². The summed E-state index contributed by atoms with van der Waals surface area (Å²) in [5.41, 5.74) is 0.728. The van der Waals surface area contributed by atoms with E-state index in [0.29, 0.717) is 25.4 Å². The molecule has 2 amide bonds. The quantitative estimate of drug-likeness (QED) is 0.672. The lowest BCUT2D eigenvalue weighted by atomic mass is 10.1. The van der Waals surface area contributed by atoms with Gasteiger partial charge in [0.2, 0.25) is 0 Å². The van der Waals surface area contributed by atoms with Crippen LogP contribution in [0.1, 0.15) is 32.3 Å². The first-order valence-electron chi connectivity index (χ1n) is 8.91. The first-order valence-corrected chi connectivity index (χ1v) is 10.7. The number of hydrogen-bond donors (Lipinski definition) is 1. The van der Waals surface area contributed by atoms with Crippen molar-refractivity contribution in [1.82, 2.24) is 10.2 Å². The Morgan fingerprint density at radius 1 is 1.37 bits per heavy atom. The van der Waals surface area contributed by atoms with Gasteiger partial charge in [0.1, 0.15) is 0 Å². The zero-order valence-corrected chi connectivity index (χ0v) is 17.0. The van der Waals surface area contributed by atoms with Crippen molar-refractivity contribution in [2.24, 2.45) is 0 Å². The van der Waals surface area contributed by atoms with Gasteiger partial charge in [0, 0.05) is 25.7 Å². The van der Waals surface area contributed by atoms with E-state index < -0.39 is 10.1 Å². The summed E-state index contributed by atoms with van der Waals surface area (Å²) in [5, 5.41) is 2.89. The number of carbonyl (C=O) groups is 1. The van der Waals surface area contributed by atoms with Gasteiger partial charge in [-0.1, -0.05) is 6.07 Å². The lowest BCUT2D eigenvalue weighted by Gasteiger charge is -2.27. The molecule has 0 radical (unpaired) electrons. The largest absolute Gasteiger partial charge is 0.493 e. The molecule has 27 heavy (non-hydrogen) atoms. The van der Waals surface area contributed by atoms with Crippen LogP contribution in [0.2, 0.25) is 0 Å². The van der Waals surface area contributed by atoms with E-state index >= 15 is 0 Å². The molecule has 1 aliphatic heterocycles. The molecule has 1 heterocycles. The number of methoxy groups -OCH3 is 1. The monoisotopic (exact) mass is 400 g/mol. The van der Waals surface area contributed by atoms with Crippen LogP contribution in [0.5, 0.6) is 11.5 Å². The van der Waals surface area contributed by atoms with E-state index in [1.54, 1.807) is 23.1 Å². The van der Waals surface area contributed by atoms with Crippen molar-refractivity contribution in [3.05, 3.63) is 23.8 Å². The predicted octanol–water partition coefficient (Wildman–Crippen LogP) is 2.13. The van der Waals surface area contributed by atoms with Crippen LogP contribution in [-0.4, -0.2) is 58.0 Å². The van der Waals surface area contributed by atoms with Crippen LogP contribution in [0.4, 0.5) is 4.79 Å². The number of ether oxygens (including phenoxy) is 2. The van der Waals surface area contributed by atoms with Gasteiger partial charge < -0.3 is 23.9 Å². The highest BCUT2D eigenvalue weighted by Gasteiger charge is 2.24. The topological polar surface area (TPSA) is 94.2 Å². The maximum Gasteiger partial charge on any atom is 0.317 e. The second-order valence-corrected chi connectivity index (χ2v) is 8.47. The number of amides is 2. The van der Waals surface area contributed by atoms with E-state index in [1.807, 2.05) is 13.8 Å². The number of hydrogen-bond acceptors (Lipinski definition) is 6. The van der Waals surface area contributed by atoms with E-state index in [0.717, 1.165) is 24.7 Å². The van der Waals surface area contributed by atoms with Crippen LogP contribution < -0.4 is 14.2 Å². The minimum absolute atomic E-state index is 0.00416. The van der Waals surface area contributed by atoms with Crippen LogP contribution in [0, 0.1) is 0 Å². The molecular weight excluding hydrogens is 372 g/mol. The number of rotatable bonds is 8. The molecular formula is C18H28N2O6S. The fraction of sp³-hybridized carbons (Fsp3) is 0.611. The van der Waals surface area contributed by atoms with E-state index in [1.165, 1.54) is 7.11 Å². The van der Waals surface area contributed by atoms with Gasteiger partial charge in [-0.2, -0.15) is 8.42 Å². The van der Waals surface area contributed by atoms with Crippen LogP contribution in [0.15, 0.2) is 18.2 Å². The van der Waals surface area contributed by atoms with Crippen molar-refractivity contribution in [3.63, 3.8) is 0 Å². The van der Waals surface area contributed by atoms with E-state index in [9.17, 15) is 13.2 Å². The third kappa shape index (κ3) is 6.91. The van der Waals surface area contributed by atoms with Crippen molar-refractivity contribution in [1.29, 1.82) is 0 Å². The molecule has 0 spiro atoms. The second-order valence-electron chi connectivity index (χ2n) is 6.89. The van der Waals surface area contributed by atoms with Gasteiger partial charge in [0.25, 0.3) is 0 Å². The highest BCUT2D eigenvalue weighted by Crippen LogP contribution is 2.30. The lowest BCUT2D eigenvalue weighted by molar-refractivity contribution is 0.0791. The Bertz CT molecular complexity index is 744. The van der Waals surface area contributed by atoms with Crippen molar-refractivity contribution in [2.75, 3.05) is 26.5 Å². The van der Waals surface area contributed by atoms with Crippen LogP contribution in [-0.2, 0) is 21.4 Å². The highest BCUT2D eigenvalue weighted by atomic mass is 32.2. The van der Waals surface area contributed by atoms with Crippen molar-refractivity contribution in [2.45, 2.75) is 45.4 Å². The minimum atomic E-state index is -3.70. The summed E-state index contributed by atoms with van der Waals surface area (Å²) in [4.78, 5) is 14.3. The molecule has 1 aromatic rings. The molecule has 0 bridgehead atoms. The summed E-state index contributed by atoms with van der Waals surface area (Å²) >= 11 is 0. The number of nitrogens with zero attached hydrogens (tertiary/aromatic N) is 1. The van der Waals surface area contributed by atoms with E-state index in [4.69, 9.17) is 13.7 Å². The zero-order valence-electron chi connectivity index (χ0n) is 16.2. The normalized spacial score (nSPS) is 17.0. The number of benzene rings is 1. The molecule has 1 atom stereocenters. The second kappa shape index (κ2) is 9.27. The summed E-state index contributed by atoms with van der Waals surface area (Å²) in [6.07, 6.45) is 2.88. The SMILES string of the molecule is COc1ccc(CN(C[C@H]2CCCO2)C(=O)NC(C)C)cc1OS(C)(=O)=O. The molecule has 9 heteroatoms. The molecule has 1 fully saturated rings. The summed E-state index contributed by atoms with van der Waals surface area (Å²) in [6, 6.07) is 4.79. The molecule has 1 N–H and O–H groups in total. The number of urea groups is 1. The first kappa shape index (κ1) is 21.3. The van der Waals surface area contributed by atoms with Gasteiger partial charge in [-0.15, -0.1) is 0 Å². The van der Waals surface area contributed by atoms with Gasteiger partial charge in [-0.05, 0) is 44.4 Å². The summed E-state index contributed by atoms with van der Waals surface area (Å²) in [5.74, 6) is 0.403. The highest BCUT2D eigenvalue weighted by molar-refractivity contribution is 7.86. The fourth-order valence-electron chi connectivity index (χ4n) is 2.86. The van der Waals surface area contributed by atoms with Gasteiger partial charge in [0.15, 0.2) is 11.5 Å². The third-order valence-electron chi connectivity index (χ3n) is 3.99. The molecule has 1 aliphatic rings. The maximum atomic E-state index is 12.6. The molecule has 1 saturated heterocycles. The van der Waals surface area contributed by atoms with Gasteiger partial charge >= 0.3 is 16.1 Å². The molecule has 1 aromatic carbocycles.